The molecule has 0 saturated heterocycles. The van der Waals surface area contributed by atoms with Crippen molar-refractivity contribution in [2.45, 2.75) is 13.8 Å². The lowest BCUT2D eigenvalue weighted by Crippen LogP contribution is -1.90. The molecule has 0 radical (unpaired) electrons. The topological polar surface area (TPSA) is 38.1 Å². The van der Waals surface area contributed by atoms with E-state index in [4.69, 9.17) is 0 Å². The molecule has 0 unspecified atom stereocenters. The number of aliphatic imine (C=N–C) groups is 1. The first kappa shape index (κ1) is 11.4. The summed E-state index contributed by atoms with van der Waals surface area (Å²) < 4.78 is 12.7. The molecule has 2 aromatic rings. The van der Waals surface area contributed by atoms with Crippen molar-refractivity contribution >= 4 is 12.0 Å². The minimum Gasteiger partial charge on any atom is -0.238 e. The second-order valence-corrected chi connectivity index (χ2v) is 3.72. The molecule has 0 saturated carbocycles. The third kappa shape index (κ3) is 3.17. The van der Waals surface area contributed by atoms with Crippen molar-refractivity contribution in [2.24, 2.45) is 4.99 Å². The first-order valence-corrected chi connectivity index (χ1v) is 5.25. The van der Waals surface area contributed by atoms with Crippen LogP contribution < -0.4 is 0 Å². The van der Waals surface area contributed by atoms with Crippen molar-refractivity contribution in [3.05, 3.63) is 53.2 Å². The Morgan fingerprint density at radius 2 is 1.82 bits per heavy atom. The van der Waals surface area contributed by atoms with Crippen LogP contribution in [-0.4, -0.2) is 16.2 Å². The lowest BCUT2D eigenvalue weighted by Gasteiger charge is -1.98. The summed E-state index contributed by atoms with van der Waals surface area (Å²) in [6.45, 7) is 3.72. The number of benzene rings is 1. The summed E-state index contributed by atoms with van der Waals surface area (Å²) in [5.41, 5.74) is 1.71. The predicted molar refractivity (Wildman–Crippen MR) is 65.2 cm³/mol. The van der Waals surface area contributed by atoms with Gasteiger partial charge in [-0.1, -0.05) is 12.1 Å². The third-order valence-electron chi connectivity index (χ3n) is 2.17. The number of halogens is 1. The zero-order valence-electron chi connectivity index (χ0n) is 9.68. The standard InChI is InChI=1S/C13H12FN3/c1-9-7-13(17-10(2)16-9)15-8-11-3-5-12(14)6-4-11/h3-8H,1-2H3. The van der Waals surface area contributed by atoms with Gasteiger partial charge in [-0.2, -0.15) is 0 Å². The number of hydrogen-bond acceptors (Lipinski definition) is 3. The molecular formula is C13H12FN3. The normalized spacial score (nSPS) is 11.0. The smallest absolute Gasteiger partial charge is 0.155 e. The summed E-state index contributed by atoms with van der Waals surface area (Å²) in [7, 11) is 0. The molecule has 0 atom stereocenters. The SMILES string of the molecule is Cc1cc(N=Cc2ccc(F)cc2)nc(C)n1. The highest BCUT2D eigenvalue weighted by Gasteiger charge is 1.96. The minimum atomic E-state index is -0.254. The molecule has 1 heterocycles. The fourth-order valence-electron chi connectivity index (χ4n) is 1.45. The molecule has 86 valence electrons. The molecule has 0 N–H and O–H groups in total. The molecule has 1 aromatic heterocycles. The molecule has 17 heavy (non-hydrogen) atoms. The first-order valence-electron chi connectivity index (χ1n) is 5.25. The van der Waals surface area contributed by atoms with Gasteiger partial charge in [-0.15, -0.1) is 0 Å². The lowest BCUT2D eigenvalue weighted by molar-refractivity contribution is 0.628. The van der Waals surface area contributed by atoms with Crippen LogP contribution in [0.15, 0.2) is 35.3 Å². The molecule has 0 aliphatic carbocycles. The van der Waals surface area contributed by atoms with E-state index in [-0.39, 0.29) is 5.82 Å². The number of aryl methyl sites for hydroxylation is 2. The van der Waals surface area contributed by atoms with E-state index in [2.05, 4.69) is 15.0 Å². The lowest BCUT2D eigenvalue weighted by atomic mass is 10.2. The fourth-order valence-corrected chi connectivity index (χ4v) is 1.45. The maximum Gasteiger partial charge on any atom is 0.155 e. The van der Waals surface area contributed by atoms with E-state index in [1.165, 1.54) is 12.1 Å². The second kappa shape index (κ2) is 4.82. The van der Waals surface area contributed by atoms with E-state index < -0.39 is 0 Å². The predicted octanol–water partition coefficient (Wildman–Crippen LogP) is 2.98. The zero-order chi connectivity index (χ0) is 12.3. The summed E-state index contributed by atoms with van der Waals surface area (Å²) in [5.74, 6) is 1.05. The molecular weight excluding hydrogens is 217 g/mol. The van der Waals surface area contributed by atoms with E-state index in [1.54, 1.807) is 24.4 Å². The van der Waals surface area contributed by atoms with Crippen molar-refractivity contribution < 1.29 is 4.39 Å². The van der Waals surface area contributed by atoms with Gasteiger partial charge in [0.15, 0.2) is 5.82 Å². The Morgan fingerprint density at radius 3 is 2.47 bits per heavy atom. The monoisotopic (exact) mass is 229 g/mol. The molecule has 0 amide bonds. The summed E-state index contributed by atoms with van der Waals surface area (Å²) in [6, 6.07) is 7.93. The Labute approximate surface area is 99.1 Å². The van der Waals surface area contributed by atoms with Gasteiger partial charge >= 0.3 is 0 Å². The Bertz CT molecular complexity index is 527. The van der Waals surface area contributed by atoms with Crippen LogP contribution in [0.3, 0.4) is 0 Å². The van der Waals surface area contributed by atoms with E-state index in [0.717, 1.165) is 11.3 Å². The molecule has 0 aliphatic rings. The van der Waals surface area contributed by atoms with Gasteiger partial charge in [-0.05, 0) is 31.5 Å². The molecule has 0 aliphatic heterocycles. The van der Waals surface area contributed by atoms with Gasteiger partial charge in [-0.3, -0.25) is 0 Å². The van der Waals surface area contributed by atoms with E-state index in [9.17, 15) is 4.39 Å². The van der Waals surface area contributed by atoms with Crippen LogP contribution in [0, 0.1) is 19.7 Å². The molecule has 2 rings (SSSR count). The van der Waals surface area contributed by atoms with Crippen LogP contribution in [0.1, 0.15) is 17.1 Å². The van der Waals surface area contributed by atoms with Gasteiger partial charge in [0.25, 0.3) is 0 Å². The van der Waals surface area contributed by atoms with Crippen LogP contribution in [0.5, 0.6) is 0 Å². The number of hydrogen-bond donors (Lipinski definition) is 0. The van der Waals surface area contributed by atoms with Gasteiger partial charge in [0.05, 0.1) is 0 Å². The Balaban J connectivity index is 2.22. The number of nitrogens with zero attached hydrogens (tertiary/aromatic N) is 3. The van der Waals surface area contributed by atoms with Gasteiger partial charge < -0.3 is 0 Å². The third-order valence-corrected chi connectivity index (χ3v) is 2.17. The molecule has 0 spiro atoms. The molecule has 1 aromatic carbocycles. The van der Waals surface area contributed by atoms with Crippen molar-refractivity contribution in [2.75, 3.05) is 0 Å². The molecule has 3 nitrogen and oxygen atoms in total. The Kier molecular flexibility index (Phi) is 3.23. The van der Waals surface area contributed by atoms with Gasteiger partial charge in [0, 0.05) is 18.0 Å². The van der Waals surface area contributed by atoms with Gasteiger partial charge in [0.2, 0.25) is 0 Å². The highest BCUT2D eigenvalue weighted by molar-refractivity contribution is 5.81. The molecule has 0 bridgehead atoms. The van der Waals surface area contributed by atoms with Crippen LogP contribution >= 0.6 is 0 Å². The van der Waals surface area contributed by atoms with Gasteiger partial charge in [-0.25, -0.2) is 19.4 Å². The van der Waals surface area contributed by atoms with Crippen molar-refractivity contribution in [1.29, 1.82) is 0 Å². The molecule has 4 heteroatoms. The van der Waals surface area contributed by atoms with E-state index in [1.807, 2.05) is 13.8 Å². The van der Waals surface area contributed by atoms with E-state index in [0.29, 0.717) is 11.6 Å². The summed E-state index contributed by atoms with van der Waals surface area (Å²) in [6.07, 6.45) is 1.65. The average Bonchev–Trinajstić information content (AvgIpc) is 2.27. The van der Waals surface area contributed by atoms with Crippen LogP contribution in [0.4, 0.5) is 10.2 Å². The minimum absolute atomic E-state index is 0.254. The highest BCUT2D eigenvalue weighted by Crippen LogP contribution is 2.10. The first-order chi connectivity index (χ1) is 8.13. The summed E-state index contributed by atoms with van der Waals surface area (Å²) in [4.78, 5) is 12.6. The van der Waals surface area contributed by atoms with Crippen molar-refractivity contribution in [3.63, 3.8) is 0 Å². The quantitative estimate of drug-likeness (QED) is 0.742. The van der Waals surface area contributed by atoms with Crippen LogP contribution in [0.25, 0.3) is 0 Å². The van der Waals surface area contributed by atoms with E-state index >= 15 is 0 Å². The largest absolute Gasteiger partial charge is 0.238 e. The Hall–Kier alpha value is -2.10. The maximum atomic E-state index is 12.7. The van der Waals surface area contributed by atoms with Crippen molar-refractivity contribution in [1.82, 2.24) is 9.97 Å². The number of rotatable bonds is 2. The zero-order valence-corrected chi connectivity index (χ0v) is 9.68. The summed E-state index contributed by atoms with van der Waals surface area (Å²) in [5, 5.41) is 0. The summed E-state index contributed by atoms with van der Waals surface area (Å²) >= 11 is 0. The number of aromatic nitrogens is 2. The molecule has 0 fully saturated rings. The second-order valence-electron chi connectivity index (χ2n) is 3.72. The van der Waals surface area contributed by atoms with Crippen LogP contribution in [-0.2, 0) is 0 Å². The highest BCUT2D eigenvalue weighted by atomic mass is 19.1. The Morgan fingerprint density at radius 1 is 1.12 bits per heavy atom. The van der Waals surface area contributed by atoms with Gasteiger partial charge in [0.1, 0.15) is 11.6 Å². The average molecular weight is 229 g/mol. The maximum absolute atomic E-state index is 12.7. The van der Waals surface area contributed by atoms with Crippen LogP contribution in [0.2, 0.25) is 0 Å². The fraction of sp³-hybridized carbons (Fsp3) is 0.154. The van der Waals surface area contributed by atoms with Crippen molar-refractivity contribution in [3.8, 4) is 0 Å².